The maximum atomic E-state index is 3.81. The van der Waals surface area contributed by atoms with E-state index in [1.807, 2.05) is 6.08 Å². The van der Waals surface area contributed by atoms with Crippen molar-refractivity contribution in [3.05, 3.63) is 24.3 Å². The van der Waals surface area contributed by atoms with E-state index in [1.165, 1.54) is 24.8 Å². The Labute approximate surface area is 63.6 Å². The lowest BCUT2D eigenvalue weighted by molar-refractivity contribution is 0.385. The molecule has 0 bridgehead atoms. The van der Waals surface area contributed by atoms with Crippen LogP contribution in [0.2, 0.25) is 0 Å². The Balaban J connectivity index is 2.82. The maximum absolute atomic E-state index is 3.81. The summed E-state index contributed by atoms with van der Waals surface area (Å²) >= 11 is 0. The Morgan fingerprint density at radius 1 is 1.60 bits per heavy atom. The van der Waals surface area contributed by atoms with Crippen LogP contribution in [0.4, 0.5) is 0 Å². The Morgan fingerprint density at radius 2 is 2.30 bits per heavy atom. The van der Waals surface area contributed by atoms with Crippen molar-refractivity contribution in [3.63, 3.8) is 0 Å². The van der Waals surface area contributed by atoms with Crippen molar-refractivity contribution in [3.8, 4) is 0 Å². The second kappa shape index (κ2) is 2.61. The Kier molecular flexibility index (Phi) is 1.98. The van der Waals surface area contributed by atoms with Gasteiger partial charge in [-0.05, 0) is 30.3 Å². The van der Waals surface area contributed by atoms with Crippen LogP contribution in [0.3, 0.4) is 0 Å². The molecule has 0 amide bonds. The molecule has 0 unspecified atom stereocenters. The summed E-state index contributed by atoms with van der Waals surface area (Å²) in [7, 11) is 0. The molecule has 0 aliphatic heterocycles. The third kappa shape index (κ3) is 1.31. The van der Waals surface area contributed by atoms with Crippen molar-refractivity contribution < 1.29 is 0 Å². The summed E-state index contributed by atoms with van der Waals surface area (Å²) in [5.41, 5.74) is 1.82. The minimum absolute atomic E-state index is 0.389. The first-order valence-corrected chi connectivity index (χ1v) is 4.00. The molecule has 0 N–H and O–H groups in total. The number of hydrogen-bond donors (Lipinski definition) is 0. The zero-order valence-corrected chi connectivity index (χ0v) is 6.98. The SMILES string of the molecule is C=CC1=CCCCC1(C)C. The quantitative estimate of drug-likeness (QED) is 0.518. The van der Waals surface area contributed by atoms with Crippen LogP contribution in [0, 0.1) is 5.41 Å². The first-order chi connectivity index (χ1) is 4.67. The Bertz CT molecular complexity index is 161. The van der Waals surface area contributed by atoms with E-state index in [4.69, 9.17) is 0 Å². The molecule has 0 radical (unpaired) electrons. The first kappa shape index (κ1) is 7.59. The van der Waals surface area contributed by atoms with Gasteiger partial charge >= 0.3 is 0 Å². The van der Waals surface area contributed by atoms with E-state index in [1.54, 1.807) is 0 Å². The lowest BCUT2D eigenvalue weighted by atomic mass is 9.76. The van der Waals surface area contributed by atoms with Crippen molar-refractivity contribution >= 4 is 0 Å². The summed E-state index contributed by atoms with van der Waals surface area (Å²) in [6.45, 7) is 8.39. The third-order valence-electron chi connectivity index (χ3n) is 2.37. The highest BCUT2D eigenvalue weighted by Gasteiger charge is 2.22. The van der Waals surface area contributed by atoms with Gasteiger partial charge in [-0.3, -0.25) is 0 Å². The largest absolute Gasteiger partial charge is 0.0988 e. The predicted octanol–water partition coefficient (Wildman–Crippen LogP) is 3.31. The smallest absolute Gasteiger partial charge is 0.0107 e. The van der Waals surface area contributed by atoms with E-state index in [2.05, 4.69) is 26.5 Å². The van der Waals surface area contributed by atoms with Crippen LogP contribution in [0.15, 0.2) is 24.3 Å². The molecule has 0 saturated heterocycles. The minimum Gasteiger partial charge on any atom is -0.0988 e. The molecule has 1 aliphatic rings. The molecule has 0 atom stereocenters. The van der Waals surface area contributed by atoms with Crippen LogP contribution in [-0.2, 0) is 0 Å². The first-order valence-electron chi connectivity index (χ1n) is 4.00. The summed E-state index contributed by atoms with van der Waals surface area (Å²) < 4.78 is 0. The van der Waals surface area contributed by atoms with E-state index in [-0.39, 0.29) is 0 Å². The van der Waals surface area contributed by atoms with Crippen molar-refractivity contribution in [2.75, 3.05) is 0 Å². The molecule has 0 aromatic heterocycles. The van der Waals surface area contributed by atoms with Gasteiger partial charge in [0.05, 0.1) is 0 Å². The molecule has 1 rings (SSSR count). The summed E-state index contributed by atoms with van der Waals surface area (Å²) in [5.74, 6) is 0. The van der Waals surface area contributed by atoms with Gasteiger partial charge < -0.3 is 0 Å². The highest BCUT2D eigenvalue weighted by molar-refractivity contribution is 5.25. The summed E-state index contributed by atoms with van der Waals surface area (Å²) in [6, 6.07) is 0. The molecular weight excluding hydrogens is 120 g/mol. The standard InChI is InChI=1S/C10H16/c1-4-9-7-5-6-8-10(9,2)3/h4,7H,1,5-6,8H2,2-3H3. The predicted molar refractivity (Wildman–Crippen MR) is 45.9 cm³/mol. The van der Waals surface area contributed by atoms with Gasteiger partial charge in [-0.1, -0.05) is 32.6 Å². The van der Waals surface area contributed by atoms with E-state index >= 15 is 0 Å². The molecule has 0 saturated carbocycles. The molecule has 0 spiro atoms. The van der Waals surface area contributed by atoms with Gasteiger partial charge in [0, 0.05) is 0 Å². The van der Waals surface area contributed by atoms with E-state index < -0.39 is 0 Å². The molecule has 0 aromatic rings. The molecule has 0 heteroatoms. The molecule has 0 fully saturated rings. The zero-order valence-electron chi connectivity index (χ0n) is 6.98. The fourth-order valence-corrected chi connectivity index (χ4v) is 1.58. The van der Waals surface area contributed by atoms with E-state index in [0.717, 1.165) is 0 Å². The number of allylic oxidation sites excluding steroid dienone is 3. The lowest BCUT2D eigenvalue weighted by Crippen LogP contribution is -2.16. The molecule has 10 heavy (non-hydrogen) atoms. The van der Waals surface area contributed by atoms with Crippen LogP contribution in [-0.4, -0.2) is 0 Å². The second-order valence-corrected chi connectivity index (χ2v) is 3.64. The van der Waals surface area contributed by atoms with Gasteiger partial charge in [0.25, 0.3) is 0 Å². The van der Waals surface area contributed by atoms with Crippen LogP contribution >= 0.6 is 0 Å². The topological polar surface area (TPSA) is 0 Å². The van der Waals surface area contributed by atoms with Crippen LogP contribution in [0.5, 0.6) is 0 Å². The molecule has 0 heterocycles. The fraction of sp³-hybridized carbons (Fsp3) is 0.600. The molecule has 0 nitrogen and oxygen atoms in total. The summed E-state index contributed by atoms with van der Waals surface area (Å²) in [5, 5.41) is 0. The van der Waals surface area contributed by atoms with Crippen molar-refractivity contribution in [1.29, 1.82) is 0 Å². The van der Waals surface area contributed by atoms with Gasteiger partial charge in [0.2, 0.25) is 0 Å². The molecular formula is C10H16. The van der Waals surface area contributed by atoms with Crippen LogP contribution < -0.4 is 0 Å². The van der Waals surface area contributed by atoms with Gasteiger partial charge in [-0.2, -0.15) is 0 Å². The monoisotopic (exact) mass is 136 g/mol. The Morgan fingerprint density at radius 3 is 2.70 bits per heavy atom. The lowest BCUT2D eigenvalue weighted by Gasteiger charge is -2.29. The third-order valence-corrected chi connectivity index (χ3v) is 2.37. The number of hydrogen-bond acceptors (Lipinski definition) is 0. The Hall–Kier alpha value is -0.520. The summed E-state index contributed by atoms with van der Waals surface area (Å²) in [6.07, 6.45) is 8.20. The maximum Gasteiger partial charge on any atom is -0.0107 e. The average Bonchev–Trinajstić information content (AvgIpc) is 1.87. The van der Waals surface area contributed by atoms with Crippen molar-refractivity contribution in [2.24, 2.45) is 5.41 Å². The fourth-order valence-electron chi connectivity index (χ4n) is 1.58. The number of rotatable bonds is 1. The highest BCUT2D eigenvalue weighted by Crippen LogP contribution is 2.36. The average molecular weight is 136 g/mol. The van der Waals surface area contributed by atoms with Gasteiger partial charge in [0.15, 0.2) is 0 Å². The van der Waals surface area contributed by atoms with Crippen molar-refractivity contribution in [1.82, 2.24) is 0 Å². The zero-order chi connectivity index (χ0) is 7.61. The molecule has 0 aromatic carbocycles. The highest BCUT2D eigenvalue weighted by atomic mass is 14.3. The summed E-state index contributed by atoms with van der Waals surface area (Å²) in [4.78, 5) is 0. The van der Waals surface area contributed by atoms with Gasteiger partial charge in [-0.15, -0.1) is 0 Å². The van der Waals surface area contributed by atoms with Crippen LogP contribution in [0.25, 0.3) is 0 Å². The van der Waals surface area contributed by atoms with E-state index in [9.17, 15) is 0 Å². The second-order valence-electron chi connectivity index (χ2n) is 3.64. The molecule has 56 valence electrons. The van der Waals surface area contributed by atoms with Gasteiger partial charge in [-0.25, -0.2) is 0 Å². The minimum atomic E-state index is 0.389. The molecule has 1 aliphatic carbocycles. The van der Waals surface area contributed by atoms with Crippen LogP contribution in [0.1, 0.15) is 33.1 Å². The normalized spacial score (nSPS) is 23.6. The van der Waals surface area contributed by atoms with Gasteiger partial charge in [0.1, 0.15) is 0 Å². The van der Waals surface area contributed by atoms with Crippen molar-refractivity contribution in [2.45, 2.75) is 33.1 Å². The van der Waals surface area contributed by atoms with E-state index in [0.29, 0.717) is 5.41 Å².